The third-order valence-electron chi connectivity index (χ3n) is 10.1. The molecule has 3 aliphatic heterocycles. The van der Waals surface area contributed by atoms with E-state index in [4.69, 9.17) is 29.4 Å². The molecule has 15 nitrogen and oxygen atoms in total. The molecule has 6 N–H and O–H groups in total. The zero-order chi connectivity index (χ0) is 34.2. The minimum absolute atomic E-state index is 0.0332. The van der Waals surface area contributed by atoms with E-state index in [-0.39, 0.29) is 53.1 Å². The van der Waals surface area contributed by atoms with Crippen molar-refractivity contribution in [2.24, 2.45) is 5.73 Å². The maximum atomic E-state index is 14.1. The molecule has 3 heterocycles. The molecular formula is C33H37N3O12. The standard InChI is InChI=1S/C33H37N3O12/c1-13-30-18(36-7-8-45-32(44-3)31(36)48-30)9-21(46-13)47-19-11-33(43,14(2)37)10-16-23(19)29(42)25-24(27(16)40)26(39)15-5-4-6-17(22(15)28(25)41)35-12-20(34)38/h4-6,13,18-19,21,30-32,35,40,42-43H,7-12H2,1-3H3,(H2,34,38)/t13-,18-,19-,21-,30+,31+,32-,33-/m0/s1. The molecule has 8 atom stereocenters. The molecule has 0 unspecified atom stereocenters. The van der Waals surface area contributed by atoms with E-state index in [0.717, 1.165) is 0 Å². The average Bonchev–Trinajstić information content (AvgIpc) is 3.43. The van der Waals surface area contributed by atoms with Crippen LogP contribution in [0.1, 0.15) is 75.8 Å². The van der Waals surface area contributed by atoms with E-state index in [9.17, 15) is 34.5 Å². The monoisotopic (exact) mass is 667 g/mol. The summed E-state index contributed by atoms with van der Waals surface area (Å²) < 4.78 is 30.1. The second-order valence-electron chi connectivity index (χ2n) is 12.9. The molecule has 2 aromatic carbocycles. The van der Waals surface area contributed by atoms with Crippen LogP contribution in [0.4, 0.5) is 5.69 Å². The zero-order valence-corrected chi connectivity index (χ0v) is 26.6. The van der Waals surface area contributed by atoms with Gasteiger partial charge in [0.25, 0.3) is 0 Å². The van der Waals surface area contributed by atoms with Gasteiger partial charge in [-0.1, -0.05) is 12.1 Å². The predicted octanol–water partition coefficient (Wildman–Crippen LogP) is 0.628. The number of amides is 1. The minimum atomic E-state index is -2.03. The summed E-state index contributed by atoms with van der Waals surface area (Å²) >= 11 is 0. The third kappa shape index (κ3) is 5.00. The fourth-order valence-corrected chi connectivity index (χ4v) is 7.79. The summed E-state index contributed by atoms with van der Waals surface area (Å²) in [5.41, 5.74) is 2.18. The molecule has 0 saturated carbocycles. The number of rotatable bonds is 7. The molecule has 5 aliphatic rings. The number of hydrogen-bond acceptors (Lipinski definition) is 14. The lowest BCUT2D eigenvalue weighted by Gasteiger charge is -2.43. The smallest absolute Gasteiger partial charge is 0.236 e. The number of nitrogens with one attached hydrogen (secondary N) is 1. The molecule has 7 rings (SSSR count). The van der Waals surface area contributed by atoms with E-state index in [0.29, 0.717) is 19.6 Å². The Bertz CT molecular complexity index is 1730. The summed E-state index contributed by atoms with van der Waals surface area (Å²) in [4.78, 5) is 54.3. The van der Waals surface area contributed by atoms with Gasteiger partial charge in [0.05, 0.1) is 42.0 Å². The molecule has 2 aromatic rings. The lowest BCUT2D eigenvalue weighted by molar-refractivity contribution is -0.256. The van der Waals surface area contributed by atoms with E-state index in [1.807, 2.05) is 6.92 Å². The fourth-order valence-electron chi connectivity index (χ4n) is 7.79. The largest absolute Gasteiger partial charge is 0.507 e. The highest BCUT2D eigenvalue weighted by Gasteiger charge is 2.55. The molecule has 15 heteroatoms. The number of anilines is 1. The fraction of sp³-hybridized carbons (Fsp3) is 0.515. The maximum absolute atomic E-state index is 14.1. The van der Waals surface area contributed by atoms with Gasteiger partial charge in [-0.3, -0.25) is 24.1 Å². The lowest BCUT2D eigenvalue weighted by Crippen LogP contribution is -2.55. The van der Waals surface area contributed by atoms with E-state index < -0.39 is 88.9 Å². The van der Waals surface area contributed by atoms with Crippen LogP contribution in [-0.2, 0) is 39.7 Å². The van der Waals surface area contributed by atoms with Gasteiger partial charge in [0.2, 0.25) is 5.91 Å². The van der Waals surface area contributed by atoms with Gasteiger partial charge in [0, 0.05) is 61.3 Å². The summed E-state index contributed by atoms with van der Waals surface area (Å²) in [7, 11) is 1.54. The third-order valence-corrected chi connectivity index (χ3v) is 10.1. The van der Waals surface area contributed by atoms with Crippen LogP contribution in [0.15, 0.2) is 18.2 Å². The number of ketones is 3. The Kier molecular flexibility index (Phi) is 8.06. The van der Waals surface area contributed by atoms with Crippen molar-refractivity contribution in [3.63, 3.8) is 0 Å². The van der Waals surface area contributed by atoms with Crippen LogP contribution in [0.25, 0.3) is 0 Å². The van der Waals surface area contributed by atoms with Gasteiger partial charge < -0.3 is 50.1 Å². The SMILES string of the molecule is CO[C@H]1OCCN2[C@@H]1O[C@@H]1[C@H](C)O[C@@H](O[C@H]3C[C@](O)(C(C)=O)Cc4c(O)c5c(c(O)c43)C(=O)c3c(NCC(N)=O)cccc3C5=O)C[C@@H]12. The van der Waals surface area contributed by atoms with E-state index in [1.54, 1.807) is 0 Å². The Labute approximate surface area is 274 Å². The van der Waals surface area contributed by atoms with Crippen molar-refractivity contribution in [3.8, 4) is 11.5 Å². The molecule has 1 amide bonds. The Hall–Kier alpha value is -3.96. The summed E-state index contributed by atoms with van der Waals surface area (Å²) in [5, 5.41) is 37.7. The van der Waals surface area contributed by atoms with Crippen molar-refractivity contribution in [1.29, 1.82) is 0 Å². The van der Waals surface area contributed by atoms with Gasteiger partial charge in [-0.2, -0.15) is 0 Å². The summed E-state index contributed by atoms with van der Waals surface area (Å²) in [6.45, 7) is 3.72. The van der Waals surface area contributed by atoms with Crippen LogP contribution >= 0.6 is 0 Å². The van der Waals surface area contributed by atoms with Gasteiger partial charge in [-0.25, -0.2) is 0 Å². The molecule has 48 heavy (non-hydrogen) atoms. The first-order valence-corrected chi connectivity index (χ1v) is 15.8. The van der Waals surface area contributed by atoms with Gasteiger partial charge in [-0.15, -0.1) is 0 Å². The number of nitrogens with two attached hydrogens (primary N) is 1. The highest BCUT2D eigenvalue weighted by atomic mass is 16.7. The van der Waals surface area contributed by atoms with Crippen LogP contribution in [0, 0.1) is 0 Å². The molecule has 2 aliphatic carbocycles. The highest BCUT2D eigenvalue weighted by molar-refractivity contribution is 6.32. The number of carbonyl (C=O) groups excluding carboxylic acids is 4. The number of primary amides is 1. The number of methoxy groups -OCH3 is 1. The van der Waals surface area contributed by atoms with Gasteiger partial charge in [-0.05, 0) is 19.9 Å². The van der Waals surface area contributed by atoms with Crippen molar-refractivity contribution in [2.45, 2.75) is 81.9 Å². The number of phenols is 2. The number of aliphatic hydroxyl groups is 1. The molecule has 3 fully saturated rings. The Balaban J connectivity index is 1.28. The van der Waals surface area contributed by atoms with Crippen LogP contribution in [0.5, 0.6) is 11.5 Å². The minimum Gasteiger partial charge on any atom is -0.507 e. The van der Waals surface area contributed by atoms with Crippen LogP contribution in [0.2, 0.25) is 0 Å². The van der Waals surface area contributed by atoms with Crippen LogP contribution in [0.3, 0.4) is 0 Å². The molecule has 3 saturated heterocycles. The molecular weight excluding hydrogens is 630 g/mol. The van der Waals surface area contributed by atoms with Gasteiger partial charge in [0.15, 0.2) is 36.2 Å². The molecule has 0 spiro atoms. The Morgan fingerprint density at radius 2 is 1.88 bits per heavy atom. The second-order valence-corrected chi connectivity index (χ2v) is 12.9. The normalized spacial score (nSPS) is 32.5. The maximum Gasteiger partial charge on any atom is 0.236 e. The molecule has 0 aromatic heterocycles. The lowest BCUT2D eigenvalue weighted by atomic mass is 9.72. The summed E-state index contributed by atoms with van der Waals surface area (Å²) in [6, 6.07) is 4.21. The number of benzene rings is 2. The number of ether oxygens (including phenoxy) is 5. The number of Topliss-reactive ketones (excluding diaryl/α,β-unsaturated/α-hetero) is 1. The number of nitrogens with zero attached hydrogens (tertiary/aromatic N) is 1. The first-order valence-electron chi connectivity index (χ1n) is 15.8. The average molecular weight is 668 g/mol. The first kappa shape index (κ1) is 32.6. The first-order chi connectivity index (χ1) is 22.8. The Morgan fingerprint density at radius 1 is 1.12 bits per heavy atom. The van der Waals surface area contributed by atoms with Crippen molar-refractivity contribution < 1.29 is 58.2 Å². The van der Waals surface area contributed by atoms with Crippen molar-refractivity contribution in [2.75, 3.05) is 32.1 Å². The number of aromatic hydroxyl groups is 2. The number of carbonyl (C=O) groups is 4. The van der Waals surface area contributed by atoms with Gasteiger partial charge in [0.1, 0.15) is 23.2 Å². The van der Waals surface area contributed by atoms with E-state index in [1.165, 1.54) is 32.2 Å². The summed E-state index contributed by atoms with van der Waals surface area (Å²) in [6.07, 6.45) is -4.44. The van der Waals surface area contributed by atoms with Crippen LogP contribution < -0.4 is 11.1 Å². The molecule has 0 bridgehead atoms. The van der Waals surface area contributed by atoms with Gasteiger partial charge >= 0.3 is 0 Å². The van der Waals surface area contributed by atoms with E-state index >= 15 is 0 Å². The number of fused-ring (bicyclic) bond motifs is 6. The van der Waals surface area contributed by atoms with Crippen LogP contribution in [-0.4, -0.2) is 113 Å². The van der Waals surface area contributed by atoms with Crippen molar-refractivity contribution >= 4 is 28.9 Å². The van der Waals surface area contributed by atoms with Crippen molar-refractivity contribution in [1.82, 2.24) is 4.90 Å². The summed E-state index contributed by atoms with van der Waals surface area (Å²) in [5.74, 6) is -4.13. The second kappa shape index (κ2) is 11.9. The molecule has 256 valence electrons. The zero-order valence-electron chi connectivity index (χ0n) is 26.6. The predicted molar refractivity (Wildman–Crippen MR) is 163 cm³/mol. The Morgan fingerprint density at radius 3 is 2.58 bits per heavy atom. The number of phenolic OH excluding ortho intramolecular Hbond substituents is 2. The molecule has 0 radical (unpaired) electrons. The van der Waals surface area contributed by atoms with E-state index in [2.05, 4.69) is 10.2 Å². The topological polar surface area (TPSA) is 216 Å². The quantitative estimate of drug-likeness (QED) is 0.219. The number of hydrogen-bond donors (Lipinski definition) is 5. The highest BCUT2D eigenvalue weighted by Crippen LogP contribution is 2.53. The number of morpholine rings is 1. The van der Waals surface area contributed by atoms with Crippen molar-refractivity contribution in [3.05, 3.63) is 51.6 Å².